The third-order valence-corrected chi connectivity index (χ3v) is 5.93. The summed E-state index contributed by atoms with van der Waals surface area (Å²) in [6.45, 7) is 7.53. The average Bonchev–Trinajstić information content (AvgIpc) is 3.11. The molecular formula is C20H24N6OS. The fourth-order valence-electron chi connectivity index (χ4n) is 3.21. The van der Waals surface area contributed by atoms with Crippen molar-refractivity contribution in [3.63, 3.8) is 0 Å². The molecule has 7 nitrogen and oxygen atoms in total. The number of ether oxygens (including phenoxy) is 1. The van der Waals surface area contributed by atoms with Gasteiger partial charge < -0.3 is 20.3 Å². The van der Waals surface area contributed by atoms with Gasteiger partial charge in [0.15, 0.2) is 5.13 Å². The predicted molar refractivity (Wildman–Crippen MR) is 115 cm³/mol. The topological polar surface area (TPSA) is 75.2 Å². The third kappa shape index (κ3) is 3.93. The molecule has 0 bridgehead atoms. The Kier molecular flexibility index (Phi) is 5.40. The maximum atomic E-state index is 5.44. The fourth-order valence-corrected chi connectivity index (χ4v) is 4.10. The van der Waals surface area contributed by atoms with Gasteiger partial charge >= 0.3 is 0 Å². The Morgan fingerprint density at radius 3 is 2.64 bits per heavy atom. The molecule has 1 saturated heterocycles. The summed E-state index contributed by atoms with van der Waals surface area (Å²) in [5, 5.41) is 7.33. The standard InChI is InChI=1S/C20H24N6OS/c1-13-12-15(26-8-10-27-11-9-26)4-5-16(13)24-19-22-7-6-17(25-19)18-14(2)23-20(21-3)28-18/h4-7,12H,8-11H2,1-3H3,(H,21,23)(H,22,24,25). The van der Waals surface area contributed by atoms with Gasteiger partial charge in [-0.1, -0.05) is 11.3 Å². The van der Waals surface area contributed by atoms with Crippen LogP contribution in [0.15, 0.2) is 30.5 Å². The summed E-state index contributed by atoms with van der Waals surface area (Å²) in [6, 6.07) is 8.34. The van der Waals surface area contributed by atoms with E-state index in [4.69, 9.17) is 9.72 Å². The van der Waals surface area contributed by atoms with Crippen LogP contribution in [0.25, 0.3) is 10.6 Å². The zero-order valence-corrected chi connectivity index (χ0v) is 17.1. The zero-order valence-electron chi connectivity index (χ0n) is 16.3. The highest BCUT2D eigenvalue weighted by atomic mass is 32.1. The Hall–Kier alpha value is -2.71. The lowest BCUT2D eigenvalue weighted by Gasteiger charge is -2.29. The number of nitrogens with one attached hydrogen (secondary N) is 2. The van der Waals surface area contributed by atoms with Crippen LogP contribution in [0.4, 0.5) is 22.5 Å². The van der Waals surface area contributed by atoms with Crippen LogP contribution < -0.4 is 15.5 Å². The summed E-state index contributed by atoms with van der Waals surface area (Å²) < 4.78 is 5.44. The van der Waals surface area contributed by atoms with E-state index in [0.717, 1.165) is 59.0 Å². The summed E-state index contributed by atoms with van der Waals surface area (Å²) in [5.74, 6) is 0.582. The van der Waals surface area contributed by atoms with Gasteiger partial charge in [0, 0.05) is 37.7 Å². The molecule has 4 rings (SSSR count). The molecule has 3 aromatic rings. The third-order valence-electron chi connectivity index (χ3n) is 4.73. The van der Waals surface area contributed by atoms with E-state index in [1.54, 1.807) is 17.5 Å². The number of anilines is 4. The summed E-state index contributed by atoms with van der Waals surface area (Å²) >= 11 is 1.59. The SMILES string of the molecule is CNc1nc(C)c(-c2ccnc(Nc3ccc(N4CCOCC4)cc3C)n2)s1. The molecule has 1 fully saturated rings. The highest BCUT2D eigenvalue weighted by molar-refractivity contribution is 7.19. The largest absolute Gasteiger partial charge is 0.378 e. The molecule has 0 radical (unpaired) electrons. The molecule has 1 aliphatic rings. The minimum Gasteiger partial charge on any atom is -0.378 e. The quantitative estimate of drug-likeness (QED) is 0.679. The highest BCUT2D eigenvalue weighted by Gasteiger charge is 2.14. The van der Waals surface area contributed by atoms with Gasteiger partial charge in [0.1, 0.15) is 0 Å². The Bertz CT molecular complexity index is 967. The normalized spacial score (nSPS) is 14.2. The lowest BCUT2D eigenvalue weighted by molar-refractivity contribution is 0.122. The molecule has 0 saturated carbocycles. The van der Waals surface area contributed by atoms with Crippen LogP contribution in [0, 0.1) is 13.8 Å². The average molecular weight is 397 g/mol. The molecule has 0 amide bonds. The van der Waals surface area contributed by atoms with Gasteiger partial charge in [-0.05, 0) is 43.7 Å². The van der Waals surface area contributed by atoms with Crippen LogP contribution in [0.5, 0.6) is 0 Å². The van der Waals surface area contributed by atoms with E-state index in [-0.39, 0.29) is 0 Å². The van der Waals surface area contributed by atoms with E-state index in [1.807, 2.05) is 20.0 Å². The first-order valence-electron chi connectivity index (χ1n) is 9.33. The fraction of sp³-hybridized carbons (Fsp3) is 0.350. The first kappa shape index (κ1) is 18.6. The Balaban J connectivity index is 1.55. The molecule has 1 aliphatic heterocycles. The number of rotatable bonds is 5. The van der Waals surface area contributed by atoms with Crippen molar-refractivity contribution in [2.24, 2.45) is 0 Å². The minimum atomic E-state index is 0.582. The van der Waals surface area contributed by atoms with Crippen molar-refractivity contribution in [2.45, 2.75) is 13.8 Å². The smallest absolute Gasteiger partial charge is 0.227 e. The maximum Gasteiger partial charge on any atom is 0.227 e. The summed E-state index contributed by atoms with van der Waals surface area (Å²) in [6.07, 6.45) is 1.78. The van der Waals surface area contributed by atoms with Gasteiger partial charge in [-0.15, -0.1) is 0 Å². The van der Waals surface area contributed by atoms with Crippen LogP contribution in [0.3, 0.4) is 0 Å². The number of hydrogen-bond acceptors (Lipinski definition) is 8. The molecule has 3 heterocycles. The zero-order chi connectivity index (χ0) is 19.5. The maximum absolute atomic E-state index is 5.44. The van der Waals surface area contributed by atoms with Crippen LogP contribution in [0.1, 0.15) is 11.3 Å². The molecule has 2 N–H and O–H groups in total. The van der Waals surface area contributed by atoms with E-state index < -0.39 is 0 Å². The first-order valence-corrected chi connectivity index (χ1v) is 10.1. The summed E-state index contributed by atoms with van der Waals surface area (Å²) in [5.41, 5.74) is 5.22. The predicted octanol–water partition coefficient (Wildman–Crippen LogP) is 3.84. The van der Waals surface area contributed by atoms with E-state index in [1.165, 1.54) is 5.69 Å². The molecule has 0 atom stereocenters. The number of morpholine rings is 1. The molecular weight excluding hydrogens is 372 g/mol. The van der Waals surface area contributed by atoms with E-state index in [9.17, 15) is 0 Å². The van der Waals surface area contributed by atoms with Crippen LogP contribution >= 0.6 is 11.3 Å². The van der Waals surface area contributed by atoms with E-state index in [2.05, 4.69) is 50.6 Å². The Morgan fingerprint density at radius 2 is 1.93 bits per heavy atom. The van der Waals surface area contributed by atoms with Crippen molar-refractivity contribution < 1.29 is 4.74 Å². The van der Waals surface area contributed by atoms with Gasteiger partial charge in [-0.25, -0.2) is 15.0 Å². The summed E-state index contributed by atoms with van der Waals surface area (Å²) in [4.78, 5) is 17.0. The number of aryl methyl sites for hydroxylation is 2. The molecule has 0 aliphatic carbocycles. The second-order valence-corrected chi connectivity index (χ2v) is 7.67. The van der Waals surface area contributed by atoms with Gasteiger partial charge in [0.25, 0.3) is 0 Å². The second kappa shape index (κ2) is 8.12. The molecule has 1 aromatic carbocycles. The number of aromatic nitrogens is 3. The van der Waals surface area contributed by atoms with Crippen molar-refractivity contribution in [2.75, 3.05) is 48.9 Å². The minimum absolute atomic E-state index is 0.582. The van der Waals surface area contributed by atoms with Crippen molar-refractivity contribution in [3.8, 4) is 10.6 Å². The number of benzene rings is 1. The van der Waals surface area contributed by atoms with Gasteiger partial charge in [0.05, 0.1) is 29.5 Å². The van der Waals surface area contributed by atoms with Crippen LogP contribution in [0.2, 0.25) is 0 Å². The highest BCUT2D eigenvalue weighted by Crippen LogP contribution is 2.32. The molecule has 0 spiro atoms. The lowest BCUT2D eigenvalue weighted by Crippen LogP contribution is -2.36. The van der Waals surface area contributed by atoms with Crippen molar-refractivity contribution >= 4 is 33.8 Å². The van der Waals surface area contributed by atoms with E-state index in [0.29, 0.717) is 5.95 Å². The lowest BCUT2D eigenvalue weighted by atomic mass is 10.1. The van der Waals surface area contributed by atoms with Gasteiger partial charge in [-0.3, -0.25) is 0 Å². The Labute approximate surface area is 168 Å². The van der Waals surface area contributed by atoms with Gasteiger partial charge in [0.2, 0.25) is 5.95 Å². The molecule has 0 unspecified atom stereocenters. The molecule has 28 heavy (non-hydrogen) atoms. The first-order chi connectivity index (χ1) is 13.6. The Morgan fingerprint density at radius 1 is 1.11 bits per heavy atom. The number of nitrogens with zero attached hydrogens (tertiary/aromatic N) is 4. The van der Waals surface area contributed by atoms with Crippen LogP contribution in [-0.4, -0.2) is 48.3 Å². The summed E-state index contributed by atoms with van der Waals surface area (Å²) in [7, 11) is 1.87. The number of hydrogen-bond donors (Lipinski definition) is 2. The van der Waals surface area contributed by atoms with Crippen molar-refractivity contribution in [3.05, 3.63) is 41.7 Å². The molecule has 146 valence electrons. The van der Waals surface area contributed by atoms with Crippen molar-refractivity contribution in [1.82, 2.24) is 15.0 Å². The van der Waals surface area contributed by atoms with E-state index >= 15 is 0 Å². The van der Waals surface area contributed by atoms with Crippen molar-refractivity contribution in [1.29, 1.82) is 0 Å². The number of thiazole rings is 1. The monoisotopic (exact) mass is 396 g/mol. The van der Waals surface area contributed by atoms with Crippen LogP contribution in [-0.2, 0) is 4.74 Å². The molecule has 2 aromatic heterocycles. The molecule has 8 heteroatoms. The second-order valence-electron chi connectivity index (χ2n) is 6.67. The van der Waals surface area contributed by atoms with Gasteiger partial charge in [-0.2, -0.15) is 0 Å².